The van der Waals surface area contributed by atoms with Gasteiger partial charge in [0, 0.05) is 12.6 Å². The molecule has 2 heteroatoms. The van der Waals surface area contributed by atoms with E-state index in [0.717, 1.165) is 31.7 Å². The number of ether oxygens (including phenoxy) is 1. The maximum absolute atomic E-state index is 5.80. The number of rotatable bonds is 10. The van der Waals surface area contributed by atoms with Crippen LogP contribution in [0.2, 0.25) is 0 Å². The molecule has 0 aliphatic rings. The normalized spacial score (nSPS) is 12.4. The van der Waals surface area contributed by atoms with Gasteiger partial charge in [-0.15, -0.1) is 0 Å². The number of benzene rings is 1. The predicted octanol–water partition coefficient (Wildman–Crippen LogP) is 4.53. The summed E-state index contributed by atoms with van der Waals surface area (Å²) in [5.41, 5.74) is 1.30. The van der Waals surface area contributed by atoms with Crippen LogP contribution in [0.1, 0.15) is 58.4 Å². The fourth-order valence-electron chi connectivity index (χ4n) is 1.90. The van der Waals surface area contributed by atoms with Crippen LogP contribution < -0.4 is 10.1 Å². The van der Waals surface area contributed by atoms with Crippen molar-refractivity contribution in [2.24, 2.45) is 0 Å². The Labute approximate surface area is 118 Å². The summed E-state index contributed by atoms with van der Waals surface area (Å²) in [7, 11) is 0. The Kier molecular flexibility index (Phi) is 8.31. The Morgan fingerprint density at radius 2 is 2.00 bits per heavy atom. The second-order valence-corrected chi connectivity index (χ2v) is 5.25. The summed E-state index contributed by atoms with van der Waals surface area (Å²) in [4.78, 5) is 0. The molecule has 0 saturated heterocycles. The second-order valence-electron chi connectivity index (χ2n) is 5.25. The largest absolute Gasteiger partial charge is 0.494 e. The first-order chi connectivity index (χ1) is 9.26. The lowest BCUT2D eigenvalue weighted by Crippen LogP contribution is -2.24. The maximum atomic E-state index is 5.80. The van der Waals surface area contributed by atoms with Gasteiger partial charge in [-0.1, -0.05) is 45.2 Å². The van der Waals surface area contributed by atoms with Crippen molar-refractivity contribution >= 4 is 0 Å². The zero-order chi connectivity index (χ0) is 13.9. The first kappa shape index (κ1) is 16.0. The molecule has 0 bridgehead atoms. The first-order valence-corrected chi connectivity index (χ1v) is 7.71. The molecule has 0 fully saturated rings. The lowest BCUT2D eigenvalue weighted by molar-refractivity contribution is 0.304. The van der Waals surface area contributed by atoms with Crippen LogP contribution >= 0.6 is 0 Å². The standard InChI is InChI=1S/C17H29NO/c1-4-6-7-8-12-19-17-11-9-10-16(13-17)14-18-15(3)5-2/h9-11,13,15,18H,4-8,12,14H2,1-3H3. The molecule has 0 spiro atoms. The van der Waals surface area contributed by atoms with Crippen molar-refractivity contribution in [1.82, 2.24) is 5.32 Å². The highest BCUT2D eigenvalue weighted by Gasteiger charge is 2.00. The van der Waals surface area contributed by atoms with E-state index in [1.165, 1.54) is 24.8 Å². The van der Waals surface area contributed by atoms with Gasteiger partial charge >= 0.3 is 0 Å². The van der Waals surface area contributed by atoms with Gasteiger partial charge < -0.3 is 10.1 Å². The molecule has 2 nitrogen and oxygen atoms in total. The van der Waals surface area contributed by atoms with E-state index in [2.05, 4.69) is 44.3 Å². The molecule has 0 radical (unpaired) electrons. The summed E-state index contributed by atoms with van der Waals surface area (Å²) < 4.78 is 5.80. The van der Waals surface area contributed by atoms with Crippen molar-refractivity contribution in [1.29, 1.82) is 0 Å². The maximum Gasteiger partial charge on any atom is 0.119 e. The summed E-state index contributed by atoms with van der Waals surface area (Å²) in [5.74, 6) is 1.000. The van der Waals surface area contributed by atoms with E-state index in [1.54, 1.807) is 0 Å². The first-order valence-electron chi connectivity index (χ1n) is 7.71. The number of nitrogens with one attached hydrogen (secondary N) is 1. The number of hydrogen-bond acceptors (Lipinski definition) is 2. The van der Waals surface area contributed by atoms with E-state index in [4.69, 9.17) is 4.74 Å². The summed E-state index contributed by atoms with van der Waals surface area (Å²) in [6.07, 6.45) is 6.17. The van der Waals surface area contributed by atoms with Crippen LogP contribution in [0, 0.1) is 0 Å². The fraction of sp³-hybridized carbons (Fsp3) is 0.647. The van der Waals surface area contributed by atoms with Crippen molar-refractivity contribution in [2.45, 2.75) is 65.5 Å². The van der Waals surface area contributed by atoms with E-state index in [-0.39, 0.29) is 0 Å². The minimum absolute atomic E-state index is 0.568. The smallest absolute Gasteiger partial charge is 0.119 e. The molecule has 0 aliphatic heterocycles. The topological polar surface area (TPSA) is 21.3 Å². The van der Waals surface area contributed by atoms with E-state index < -0.39 is 0 Å². The molecule has 1 aromatic rings. The third kappa shape index (κ3) is 7.22. The van der Waals surface area contributed by atoms with Crippen molar-refractivity contribution in [2.75, 3.05) is 6.61 Å². The lowest BCUT2D eigenvalue weighted by atomic mass is 10.2. The summed E-state index contributed by atoms with van der Waals surface area (Å²) >= 11 is 0. The highest BCUT2D eigenvalue weighted by Crippen LogP contribution is 2.14. The summed E-state index contributed by atoms with van der Waals surface area (Å²) in [6, 6.07) is 8.99. The quantitative estimate of drug-likeness (QED) is 0.626. The fourth-order valence-corrected chi connectivity index (χ4v) is 1.90. The van der Waals surface area contributed by atoms with Crippen LogP contribution in [0.4, 0.5) is 0 Å². The van der Waals surface area contributed by atoms with Crippen LogP contribution in [0.3, 0.4) is 0 Å². The van der Waals surface area contributed by atoms with Gasteiger partial charge in [0.2, 0.25) is 0 Å². The highest BCUT2D eigenvalue weighted by molar-refractivity contribution is 5.28. The molecule has 1 N–H and O–H groups in total. The molecule has 0 aliphatic carbocycles. The average molecular weight is 263 g/mol. The minimum Gasteiger partial charge on any atom is -0.494 e. The second kappa shape index (κ2) is 9.85. The van der Waals surface area contributed by atoms with Crippen molar-refractivity contribution in [3.63, 3.8) is 0 Å². The van der Waals surface area contributed by atoms with Crippen LogP contribution in [0.5, 0.6) is 5.75 Å². The lowest BCUT2D eigenvalue weighted by Gasteiger charge is -2.12. The SMILES string of the molecule is CCCCCCOc1cccc(CNC(C)CC)c1. The van der Waals surface area contributed by atoms with Crippen molar-refractivity contribution < 1.29 is 4.74 Å². The third-order valence-corrected chi connectivity index (χ3v) is 3.43. The molecule has 108 valence electrons. The van der Waals surface area contributed by atoms with Crippen LogP contribution in [0.15, 0.2) is 24.3 Å². The monoisotopic (exact) mass is 263 g/mol. The van der Waals surface area contributed by atoms with E-state index in [0.29, 0.717) is 6.04 Å². The van der Waals surface area contributed by atoms with Gasteiger partial charge in [-0.25, -0.2) is 0 Å². The van der Waals surface area contributed by atoms with Crippen LogP contribution in [0.25, 0.3) is 0 Å². The number of unbranched alkanes of at least 4 members (excludes halogenated alkanes) is 3. The van der Waals surface area contributed by atoms with Gasteiger partial charge in [0.15, 0.2) is 0 Å². The zero-order valence-electron chi connectivity index (χ0n) is 12.7. The van der Waals surface area contributed by atoms with Gasteiger partial charge in [0.05, 0.1) is 6.61 Å². The van der Waals surface area contributed by atoms with Crippen molar-refractivity contribution in [3.8, 4) is 5.75 Å². The average Bonchev–Trinajstić information content (AvgIpc) is 2.45. The highest BCUT2D eigenvalue weighted by atomic mass is 16.5. The Bertz CT molecular complexity index is 338. The molecular formula is C17H29NO. The van der Waals surface area contributed by atoms with E-state index in [1.807, 2.05) is 6.07 Å². The van der Waals surface area contributed by atoms with Gasteiger partial charge in [-0.05, 0) is 37.5 Å². The molecule has 19 heavy (non-hydrogen) atoms. The Morgan fingerprint density at radius 1 is 1.16 bits per heavy atom. The molecule has 1 aromatic carbocycles. The van der Waals surface area contributed by atoms with Gasteiger partial charge in [-0.3, -0.25) is 0 Å². The van der Waals surface area contributed by atoms with Gasteiger partial charge in [0.1, 0.15) is 5.75 Å². The third-order valence-electron chi connectivity index (χ3n) is 3.43. The van der Waals surface area contributed by atoms with Gasteiger partial charge in [0.25, 0.3) is 0 Å². The molecule has 1 rings (SSSR count). The Hall–Kier alpha value is -1.02. The minimum atomic E-state index is 0.568. The molecule has 0 aromatic heterocycles. The molecule has 1 unspecified atom stereocenters. The van der Waals surface area contributed by atoms with E-state index >= 15 is 0 Å². The summed E-state index contributed by atoms with van der Waals surface area (Å²) in [6.45, 7) is 8.40. The molecule has 0 saturated carbocycles. The zero-order valence-corrected chi connectivity index (χ0v) is 12.7. The predicted molar refractivity (Wildman–Crippen MR) is 82.7 cm³/mol. The van der Waals surface area contributed by atoms with E-state index in [9.17, 15) is 0 Å². The molecule has 0 heterocycles. The van der Waals surface area contributed by atoms with Crippen LogP contribution in [-0.4, -0.2) is 12.6 Å². The molecular weight excluding hydrogens is 234 g/mol. The molecule has 1 atom stereocenters. The number of hydrogen-bond donors (Lipinski definition) is 1. The van der Waals surface area contributed by atoms with Crippen molar-refractivity contribution in [3.05, 3.63) is 29.8 Å². The van der Waals surface area contributed by atoms with Crippen LogP contribution in [-0.2, 0) is 6.54 Å². The summed E-state index contributed by atoms with van der Waals surface area (Å²) in [5, 5.41) is 3.50. The Balaban J connectivity index is 2.31. The van der Waals surface area contributed by atoms with Gasteiger partial charge in [-0.2, -0.15) is 0 Å². The Morgan fingerprint density at radius 3 is 2.74 bits per heavy atom. The molecule has 0 amide bonds.